The number of primary amides is 2. The van der Waals surface area contributed by atoms with Crippen LogP contribution >= 0.6 is 0 Å². The van der Waals surface area contributed by atoms with Crippen molar-refractivity contribution in [3.05, 3.63) is 0 Å². The Balaban J connectivity index is 2.35. The minimum Gasteiger partial charge on any atom is -0.480 e. The van der Waals surface area contributed by atoms with Gasteiger partial charge < -0.3 is 80.8 Å². The summed E-state index contributed by atoms with van der Waals surface area (Å²) in [6, 6.07) is -12.6. The highest BCUT2D eigenvalue weighted by Gasteiger charge is 2.43. The molecular formula is C52H92N14O13. The lowest BCUT2D eigenvalue weighted by Crippen LogP contribution is -2.61. The van der Waals surface area contributed by atoms with Crippen LogP contribution in [0, 0.1) is 23.7 Å². The van der Waals surface area contributed by atoms with Gasteiger partial charge in [-0.25, -0.2) is 4.79 Å². The number of nitrogens with zero attached hydrogens (tertiary/aromatic N) is 2. The molecule has 10 atom stereocenters. The van der Waals surface area contributed by atoms with Crippen LogP contribution in [-0.2, 0) is 57.5 Å². The molecule has 2 saturated heterocycles. The van der Waals surface area contributed by atoms with Crippen molar-refractivity contribution in [2.24, 2.45) is 52.3 Å². The second-order valence-electron chi connectivity index (χ2n) is 22.3. The van der Waals surface area contributed by atoms with E-state index in [9.17, 15) is 62.6 Å². The molecule has 11 amide bonds. The zero-order valence-electron chi connectivity index (χ0n) is 47.4. The lowest BCUT2D eigenvalue weighted by Gasteiger charge is -2.32. The largest absolute Gasteiger partial charge is 0.480 e. The molecule has 0 bridgehead atoms. The molecule has 0 aliphatic carbocycles. The van der Waals surface area contributed by atoms with Gasteiger partial charge in [-0.15, -0.1) is 0 Å². The molecule has 2 fully saturated rings. The predicted molar refractivity (Wildman–Crippen MR) is 291 cm³/mol. The third-order valence-electron chi connectivity index (χ3n) is 13.8. The molecule has 0 unspecified atom stereocenters. The minimum atomic E-state index is -1.61. The zero-order valence-corrected chi connectivity index (χ0v) is 47.4. The molecule has 2 aliphatic heterocycles. The normalized spacial score (nSPS) is 18.4. The SMILES string of the molecule is CC(C)C[C@H](NC(=O)[C@H](CCCCN)NC(=O)[C@@H](NC(=O)[C@@H]1CCCN1C(=O)[C@H](CC(N)=O)NC(=O)[C@@H](N)CC(C)C)C(C)C)C(=O)N[C@@H](CC(N)=O)C(=O)N1CCC[C@H]1C(=O)N[C@H](C(=O)N[C@@H](CCCCN)C(=O)O)C(C)C. The van der Waals surface area contributed by atoms with E-state index in [4.69, 9.17) is 28.7 Å². The molecule has 448 valence electrons. The van der Waals surface area contributed by atoms with Crippen LogP contribution in [0.25, 0.3) is 0 Å². The van der Waals surface area contributed by atoms with Gasteiger partial charge in [0, 0.05) is 13.1 Å². The van der Waals surface area contributed by atoms with Crippen molar-refractivity contribution in [3.63, 3.8) is 0 Å². The van der Waals surface area contributed by atoms with Gasteiger partial charge in [-0.3, -0.25) is 52.7 Å². The van der Waals surface area contributed by atoms with E-state index in [0.29, 0.717) is 51.5 Å². The molecule has 2 heterocycles. The van der Waals surface area contributed by atoms with E-state index < -0.39 is 156 Å². The number of carbonyl (C=O) groups excluding carboxylic acids is 11. The maximum absolute atomic E-state index is 14.3. The van der Waals surface area contributed by atoms with Crippen molar-refractivity contribution in [2.75, 3.05) is 26.2 Å². The topological polar surface area (TPSA) is 446 Å². The summed E-state index contributed by atoms with van der Waals surface area (Å²) >= 11 is 0. The van der Waals surface area contributed by atoms with E-state index in [1.54, 1.807) is 41.5 Å². The van der Waals surface area contributed by atoms with E-state index in [2.05, 4.69) is 37.2 Å². The predicted octanol–water partition coefficient (Wildman–Crippen LogP) is -2.81. The van der Waals surface area contributed by atoms with E-state index in [1.165, 1.54) is 9.80 Å². The Morgan fingerprint density at radius 1 is 0.481 bits per heavy atom. The highest BCUT2D eigenvalue weighted by atomic mass is 16.4. The van der Waals surface area contributed by atoms with Crippen molar-refractivity contribution < 1.29 is 62.6 Å². The summed E-state index contributed by atoms with van der Waals surface area (Å²) in [5, 5.41) is 28.1. The number of nitrogens with two attached hydrogens (primary N) is 5. The molecular weight excluding hydrogens is 1030 g/mol. The molecule has 27 nitrogen and oxygen atoms in total. The molecule has 0 aromatic carbocycles. The maximum Gasteiger partial charge on any atom is 0.326 e. The Bertz CT molecular complexity index is 2130. The van der Waals surface area contributed by atoms with Crippen LogP contribution < -0.4 is 65.9 Å². The summed E-state index contributed by atoms with van der Waals surface area (Å²) in [7, 11) is 0. The van der Waals surface area contributed by atoms with Crippen LogP contribution in [0.2, 0.25) is 0 Å². The summed E-state index contributed by atoms with van der Waals surface area (Å²) in [5.74, 6) is -11.3. The number of carboxylic acid groups (broad SMARTS) is 1. The van der Waals surface area contributed by atoms with Crippen LogP contribution in [0.1, 0.15) is 145 Å². The van der Waals surface area contributed by atoms with Gasteiger partial charge in [-0.2, -0.15) is 0 Å². The van der Waals surface area contributed by atoms with E-state index in [-0.39, 0.29) is 63.6 Å². The fraction of sp³-hybridized carbons (Fsp3) is 0.769. The van der Waals surface area contributed by atoms with E-state index in [0.717, 1.165) is 0 Å². The van der Waals surface area contributed by atoms with Crippen LogP contribution in [-0.4, -0.2) is 172 Å². The Hall–Kier alpha value is -6.48. The van der Waals surface area contributed by atoms with Gasteiger partial charge in [0.1, 0.15) is 54.4 Å². The fourth-order valence-corrected chi connectivity index (χ4v) is 9.55. The average molecular weight is 1120 g/mol. The van der Waals surface area contributed by atoms with Crippen molar-refractivity contribution in [1.29, 1.82) is 0 Å². The Kier molecular flexibility index (Phi) is 29.4. The van der Waals surface area contributed by atoms with E-state index >= 15 is 0 Å². The quantitative estimate of drug-likeness (QED) is 0.0285. The van der Waals surface area contributed by atoms with Crippen LogP contribution in [0.5, 0.6) is 0 Å². The van der Waals surface area contributed by atoms with Crippen LogP contribution in [0.15, 0.2) is 0 Å². The smallest absolute Gasteiger partial charge is 0.326 e. The number of carboxylic acids is 1. The summed E-state index contributed by atoms with van der Waals surface area (Å²) in [4.78, 5) is 164. The van der Waals surface area contributed by atoms with Crippen LogP contribution in [0.3, 0.4) is 0 Å². The number of unbranched alkanes of at least 4 members (excludes halogenated alkanes) is 2. The maximum atomic E-state index is 14.3. The number of hydrogen-bond donors (Lipinski definition) is 13. The van der Waals surface area contributed by atoms with Crippen molar-refractivity contribution >= 4 is 70.9 Å². The molecule has 0 saturated carbocycles. The number of rotatable bonds is 35. The highest BCUT2D eigenvalue weighted by molar-refractivity contribution is 6.00. The van der Waals surface area contributed by atoms with Gasteiger partial charge in [0.2, 0.25) is 65.0 Å². The number of nitrogens with one attached hydrogen (secondary N) is 7. The Morgan fingerprint density at radius 2 is 0.848 bits per heavy atom. The zero-order chi connectivity index (χ0) is 59.8. The fourth-order valence-electron chi connectivity index (χ4n) is 9.55. The third-order valence-corrected chi connectivity index (χ3v) is 13.8. The molecule has 27 heteroatoms. The number of carbonyl (C=O) groups is 12. The number of aliphatic carboxylic acids is 1. The second-order valence-corrected chi connectivity index (χ2v) is 22.3. The Labute approximate surface area is 463 Å². The number of amides is 11. The first-order chi connectivity index (χ1) is 37.0. The molecule has 0 spiro atoms. The molecule has 0 radical (unpaired) electrons. The third kappa shape index (κ3) is 22.7. The summed E-state index contributed by atoms with van der Waals surface area (Å²) in [5.41, 5.74) is 28.4. The first-order valence-corrected chi connectivity index (χ1v) is 27.7. The summed E-state index contributed by atoms with van der Waals surface area (Å²) in [6.07, 6.45) is 2.03. The van der Waals surface area contributed by atoms with Gasteiger partial charge >= 0.3 is 5.97 Å². The van der Waals surface area contributed by atoms with Crippen molar-refractivity contribution in [1.82, 2.24) is 47.0 Å². The number of hydrogen-bond acceptors (Lipinski definition) is 15. The molecule has 18 N–H and O–H groups in total. The average Bonchev–Trinajstić information content (AvgIpc) is 4.07. The molecule has 2 rings (SSSR count). The molecule has 79 heavy (non-hydrogen) atoms. The lowest BCUT2D eigenvalue weighted by molar-refractivity contribution is -0.144. The van der Waals surface area contributed by atoms with Gasteiger partial charge in [-0.1, -0.05) is 55.4 Å². The monoisotopic (exact) mass is 1120 g/mol. The molecule has 2 aliphatic rings. The van der Waals surface area contributed by atoms with Gasteiger partial charge in [0.05, 0.1) is 18.9 Å². The second kappa shape index (κ2) is 33.8. The van der Waals surface area contributed by atoms with E-state index in [1.807, 2.05) is 13.8 Å². The van der Waals surface area contributed by atoms with Gasteiger partial charge in [0.25, 0.3) is 0 Å². The first-order valence-electron chi connectivity index (χ1n) is 27.7. The number of likely N-dealkylation sites (tertiary alicyclic amines) is 2. The van der Waals surface area contributed by atoms with Crippen LogP contribution in [0.4, 0.5) is 0 Å². The minimum absolute atomic E-state index is 0.0116. The van der Waals surface area contributed by atoms with Crippen molar-refractivity contribution in [2.45, 2.75) is 206 Å². The van der Waals surface area contributed by atoms with Crippen molar-refractivity contribution in [3.8, 4) is 0 Å². The summed E-state index contributed by atoms with van der Waals surface area (Å²) in [6.45, 7) is 14.6. The van der Waals surface area contributed by atoms with Gasteiger partial charge in [-0.05, 0) is 114 Å². The lowest BCUT2D eigenvalue weighted by atomic mass is 9.99. The standard InChI is InChI=1S/C52H92N14O13/c1-27(2)23-31(55)43(69)61-35(25-39(56)67)50(76)65-21-13-17-37(65)46(72)63-41(29(5)6)48(74)58-32(15-9-11-19-53)44(70)60-34(24-28(3)4)45(71)62-36(26-40(57)68)51(77)66-22-14-18-38(66)47(73)64-42(30(7)8)49(75)59-33(52(78)79)16-10-12-20-54/h27-38,41-42H,9-26,53-55H2,1-8H3,(H2,56,67)(H2,57,68)(H,58,74)(H,59,75)(H,60,70)(H,61,69)(H,62,71)(H,63,72)(H,64,73)(H,78,79)/t31-,32-,33-,34-,35-,36-,37-,38-,41-,42-/m0/s1. The molecule has 0 aromatic rings. The highest BCUT2D eigenvalue weighted by Crippen LogP contribution is 2.23. The Morgan fingerprint density at radius 3 is 1.23 bits per heavy atom. The molecule has 0 aromatic heterocycles. The van der Waals surface area contributed by atoms with Gasteiger partial charge in [0.15, 0.2) is 0 Å². The first kappa shape index (κ1) is 68.6. The summed E-state index contributed by atoms with van der Waals surface area (Å²) < 4.78 is 0.